The number of amidine groups is 1. The fourth-order valence-electron chi connectivity index (χ4n) is 1.82. The number of halogens is 4. The minimum absolute atomic E-state index is 0.0180. The molecule has 4 nitrogen and oxygen atoms in total. The highest BCUT2D eigenvalue weighted by molar-refractivity contribution is 6.28. The first-order valence-electron chi connectivity index (χ1n) is 6.75. The Labute approximate surface area is 141 Å². The van der Waals surface area contributed by atoms with Gasteiger partial charge in [-0.2, -0.15) is 13.2 Å². The van der Waals surface area contributed by atoms with Crippen LogP contribution in [-0.4, -0.2) is 18.8 Å². The van der Waals surface area contributed by atoms with Gasteiger partial charge in [0.25, 0.3) is 0 Å². The molecule has 0 aliphatic heterocycles. The summed E-state index contributed by atoms with van der Waals surface area (Å²) in [5.41, 5.74) is 4.62. The van der Waals surface area contributed by atoms with Gasteiger partial charge in [0, 0.05) is 0 Å². The SMILES string of the molecule is COc1ccc(Oc2ccc(C(F)(F)F)cc2N=C(N)CCl)cc1. The Morgan fingerprint density at radius 3 is 2.29 bits per heavy atom. The number of aliphatic imine (C=N–C) groups is 1. The monoisotopic (exact) mass is 358 g/mol. The highest BCUT2D eigenvalue weighted by atomic mass is 35.5. The van der Waals surface area contributed by atoms with Crippen LogP contribution in [-0.2, 0) is 6.18 Å². The van der Waals surface area contributed by atoms with Crippen molar-refractivity contribution in [3.05, 3.63) is 48.0 Å². The van der Waals surface area contributed by atoms with Crippen molar-refractivity contribution >= 4 is 23.1 Å². The van der Waals surface area contributed by atoms with Gasteiger partial charge in [0.05, 0.1) is 18.6 Å². The van der Waals surface area contributed by atoms with E-state index in [0.717, 1.165) is 12.1 Å². The molecule has 0 unspecified atom stereocenters. The second kappa shape index (κ2) is 7.44. The number of methoxy groups -OCH3 is 1. The first-order chi connectivity index (χ1) is 11.3. The van der Waals surface area contributed by atoms with Gasteiger partial charge >= 0.3 is 6.18 Å². The average molecular weight is 359 g/mol. The second-order valence-electron chi connectivity index (χ2n) is 4.69. The topological polar surface area (TPSA) is 56.8 Å². The fourth-order valence-corrected chi connectivity index (χ4v) is 1.88. The smallest absolute Gasteiger partial charge is 0.416 e. The maximum absolute atomic E-state index is 12.9. The third-order valence-corrected chi connectivity index (χ3v) is 3.25. The van der Waals surface area contributed by atoms with Crippen molar-refractivity contribution in [2.75, 3.05) is 13.0 Å². The molecular weight excluding hydrogens is 345 g/mol. The van der Waals surface area contributed by atoms with Crippen LogP contribution >= 0.6 is 11.6 Å². The quantitative estimate of drug-likeness (QED) is 0.477. The number of hydrogen-bond donors (Lipinski definition) is 1. The number of nitrogens with zero attached hydrogens (tertiary/aromatic N) is 1. The number of rotatable bonds is 5. The normalized spacial score (nSPS) is 12.1. The van der Waals surface area contributed by atoms with Crippen molar-refractivity contribution in [1.82, 2.24) is 0 Å². The molecule has 2 rings (SSSR count). The molecule has 8 heteroatoms. The summed E-state index contributed by atoms with van der Waals surface area (Å²) in [5.74, 6) is 1.03. The van der Waals surface area contributed by atoms with Crippen molar-refractivity contribution in [1.29, 1.82) is 0 Å². The number of ether oxygens (including phenoxy) is 2. The molecule has 0 aliphatic carbocycles. The van der Waals surface area contributed by atoms with E-state index in [4.69, 9.17) is 26.8 Å². The van der Waals surface area contributed by atoms with Crippen LogP contribution in [0.2, 0.25) is 0 Å². The summed E-state index contributed by atoms with van der Waals surface area (Å²) in [6.45, 7) is 0. The van der Waals surface area contributed by atoms with Gasteiger partial charge in [-0.3, -0.25) is 0 Å². The van der Waals surface area contributed by atoms with Gasteiger partial charge < -0.3 is 15.2 Å². The van der Waals surface area contributed by atoms with Gasteiger partial charge in [0.15, 0.2) is 5.75 Å². The van der Waals surface area contributed by atoms with E-state index in [1.54, 1.807) is 24.3 Å². The number of benzene rings is 2. The van der Waals surface area contributed by atoms with Crippen LogP contribution in [0, 0.1) is 0 Å². The highest BCUT2D eigenvalue weighted by Gasteiger charge is 2.31. The number of hydrogen-bond acceptors (Lipinski definition) is 3. The van der Waals surface area contributed by atoms with Crippen LogP contribution in [0.3, 0.4) is 0 Å². The molecule has 24 heavy (non-hydrogen) atoms. The van der Waals surface area contributed by atoms with Crippen molar-refractivity contribution < 1.29 is 22.6 Å². The summed E-state index contributed by atoms with van der Waals surface area (Å²) < 4.78 is 49.2. The van der Waals surface area contributed by atoms with Crippen molar-refractivity contribution in [3.63, 3.8) is 0 Å². The minimum Gasteiger partial charge on any atom is -0.497 e. The Morgan fingerprint density at radius 1 is 1.12 bits per heavy atom. The lowest BCUT2D eigenvalue weighted by atomic mass is 10.2. The molecule has 0 aliphatic rings. The van der Waals surface area contributed by atoms with E-state index in [9.17, 15) is 13.2 Å². The van der Waals surface area contributed by atoms with E-state index in [1.165, 1.54) is 13.2 Å². The maximum Gasteiger partial charge on any atom is 0.416 e. The van der Waals surface area contributed by atoms with E-state index in [2.05, 4.69) is 4.99 Å². The molecule has 0 bridgehead atoms. The molecule has 0 aromatic heterocycles. The molecule has 2 aromatic rings. The van der Waals surface area contributed by atoms with E-state index >= 15 is 0 Å². The molecule has 2 N–H and O–H groups in total. The van der Waals surface area contributed by atoms with Crippen LogP contribution < -0.4 is 15.2 Å². The van der Waals surface area contributed by atoms with Crippen LogP contribution in [0.15, 0.2) is 47.5 Å². The van der Waals surface area contributed by atoms with Crippen molar-refractivity contribution in [2.24, 2.45) is 10.7 Å². The van der Waals surface area contributed by atoms with Crippen LogP contribution in [0.4, 0.5) is 18.9 Å². The molecule has 0 saturated carbocycles. The zero-order valence-electron chi connectivity index (χ0n) is 12.6. The molecule has 0 radical (unpaired) electrons. The molecule has 0 amide bonds. The summed E-state index contributed by atoms with van der Waals surface area (Å²) in [6.07, 6.45) is -4.50. The molecule has 2 aromatic carbocycles. The molecule has 0 fully saturated rings. The first kappa shape index (κ1) is 17.9. The van der Waals surface area contributed by atoms with Gasteiger partial charge in [0.2, 0.25) is 0 Å². The van der Waals surface area contributed by atoms with E-state index in [-0.39, 0.29) is 23.2 Å². The van der Waals surface area contributed by atoms with Gasteiger partial charge in [-0.1, -0.05) is 0 Å². The molecule has 0 spiro atoms. The first-order valence-corrected chi connectivity index (χ1v) is 7.29. The Kier molecular flexibility index (Phi) is 5.56. The zero-order valence-corrected chi connectivity index (χ0v) is 13.4. The van der Waals surface area contributed by atoms with Crippen LogP contribution in [0.1, 0.15) is 5.56 Å². The third-order valence-electron chi connectivity index (χ3n) is 2.97. The lowest BCUT2D eigenvalue weighted by Crippen LogP contribution is -2.12. The lowest BCUT2D eigenvalue weighted by molar-refractivity contribution is -0.137. The average Bonchev–Trinajstić information content (AvgIpc) is 2.56. The van der Waals surface area contributed by atoms with Crippen LogP contribution in [0.25, 0.3) is 0 Å². The Bertz CT molecular complexity index is 731. The van der Waals surface area contributed by atoms with Gasteiger partial charge in [-0.05, 0) is 42.5 Å². The molecular formula is C16H14ClF3N2O2. The van der Waals surface area contributed by atoms with Crippen LogP contribution in [0.5, 0.6) is 17.2 Å². The summed E-state index contributed by atoms with van der Waals surface area (Å²) in [5, 5.41) is 0. The summed E-state index contributed by atoms with van der Waals surface area (Å²) >= 11 is 5.54. The number of nitrogens with two attached hydrogens (primary N) is 1. The van der Waals surface area contributed by atoms with E-state index in [0.29, 0.717) is 11.5 Å². The molecule has 128 valence electrons. The van der Waals surface area contributed by atoms with Crippen molar-refractivity contribution in [3.8, 4) is 17.2 Å². The standard InChI is InChI=1S/C16H14ClF3N2O2/c1-23-11-3-5-12(6-4-11)24-14-7-2-10(16(18,19)20)8-13(14)22-15(21)9-17/h2-8H,9H2,1H3,(H2,21,22). The maximum atomic E-state index is 12.9. The highest BCUT2D eigenvalue weighted by Crippen LogP contribution is 2.38. The zero-order chi connectivity index (χ0) is 17.7. The largest absolute Gasteiger partial charge is 0.497 e. The summed E-state index contributed by atoms with van der Waals surface area (Å²) in [6, 6.07) is 9.52. The molecule has 0 atom stereocenters. The fraction of sp³-hybridized carbons (Fsp3) is 0.188. The van der Waals surface area contributed by atoms with E-state index in [1.807, 2.05) is 0 Å². The van der Waals surface area contributed by atoms with Gasteiger partial charge in [-0.25, -0.2) is 4.99 Å². The Balaban J connectivity index is 2.39. The Hall–Kier alpha value is -2.41. The van der Waals surface area contributed by atoms with Crippen molar-refractivity contribution in [2.45, 2.75) is 6.18 Å². The Morgan fingerprint density at radius 2 is 1.75 bits per heavy atom. The second-order valence-corrected chi connectivity index (χ2v) is 4.96. The minimum atomic E-state index is -4.50. The lowest BCUT2D eigenvalue weighted by Gasteiger charge is -2.12. The summed E-state index contributed by atoms with van der Waals surface area (Å²) in [7, 11) is 1.52. The predicted octanol–water partition coefficient (Wildman–Crippen LogP) is 4.73. The predicted molar refractivity (Wildman–Crippen MR) is 86.5 cm³/mol. The van der Waals surface area contributed by atoms with Gasteiger partial charge in [0.1, 0.15) is 23.0 Å². The molecule has 0 saturated heterocycles. The van der Waals surface area contributed by atoms with Gasteiger partial charge in [-0.15, -0.1) is 11.6 Å². The van der Waals surface area contributed by atoms with E-state index < -0.39 is 11.7 Å². The third kappa shape index (κ3) is 4.55. The molecule has 0 heterocycles. The summed E-state index contributed by atoms with van der Waals surface area (Å²) in [4.78, 5) is 3.89. The number of alkyl halides is 4.